The number of carbonyl (C=O) groups excluding carboxylic acids is 1. The monoisotopic (exact) mass is 561 g/mol. The average molecular weight is 562 g/mol. The van der Waals surface area contributed by atoms with Crippen LogP contribution in [0.5, 0.6) is 5.75 Å². The molecule has 9 heteroatoms. The van der Waals surface area contributed by atoms with Crippen LogP contribution in [0.2, 0.25) is 5.02 Å². The van der Waals surface area contributed by atoms with Crippen LogP contribution in [0, 0.1) is 0 Å². The minimum absolute atomic E-state index is 0.132. The highest BCUT2D eigenvalue weighted by molar-refractivity contribution is 8.26. The number of methoxy groups -OCH3 is 1. The molecular weight excluding hydrogens is 538 g/mol. The number of rotatable bonds is 9. The Kier molecular flexibility index (Phi) is 8.24. The van der Waals surface area contributed by atoms with E-state index in [2.05, 4.69) is 0 Å². The van der Waals surface area contributed by atoms with E-state index in [1.807, 2.05) is 95.8 Å². The summed E-state index contributed by atoms with van der Waals surface area (Å²) in [4.78, 5) is 15.2. The van der Waals surface area contributed by atoms with Gasteiger partial charge in [-0.2, -0.15) is 5.10 Å². The number of hydrogen-bond acceptors (Lipinski definition) is 6. The first-order valence-corrected chi connectivity index (χ1v) is 13.5. The zero-order valence-corrected chi connectivity index (χ0v) is 22.9. The summed E-state index contributed by atoms with van der Waals surface area (Å²) in [7, 11) is 1.60. The van der Waals surface area contributed by atoms with Gasteiger partial charge in [0.1, 0.15) is 22.4 Å². The highest BCUT2D eigenvalue weighted by Gasteiger charge is 2.32. The summed E-state index contributed by atoms with van der Waals surface area (Å²) in [6, 6.07) is 25.2. The van der Waals surface area contributed by atoms with Crippen molar-refractivity contribution in [1.29, 1.82) is 0 Å². The molecule has 38 heavy (non-hydrogen) atoms. The SMILES string of the molecule is COCCN1C(=O)/C(=C/c2cn(-c3ccccc3)nc2-c2cccc(OCc3ccccc3Cl)c2)SC1=S. The second kappa shape index (κ2) is 12.0. The Balaban J connectivity index is 1.49. The predicted molar refractivity (Wildman–Crippen MR) is 157 cm³/mol. The van der Waals surface area contributed by atoms with E-state index >= 15 is 0 Å². The molecule has 0 atom stereocenters. The number of carbonyl (C=O) groups is 1. The average Bonchev–Trinajstić information content (AvgIpc) is 3.48. The van der Waals surface area contributed by atoms with Crippen LogP contribution in [0.15, 0.2) is 90.0 Å². The van der Waals surface area contributed by atoms with Gasteiger partial charge in [0.15, 0.2) is 0 Å². The fourth-order valence-electron chi connectivity index (χ4n) is 3.96. The minimum atomic E-state index is -0.132. The molecular formula is C29H24ClN3O3S2. The van der Waals surface area contributed by atoms with Gasteiger partial charge in [-0.25, -0.2) is 4.68 Å². The van der Waals surface area contributed by atoms with Gasteiger partial charge in [0.05, 0.1) is 23.7 Å². The van der Waals surface area contributed by atoms with E-state index in [1.54, 1.807) is 12.0 Å². The van der Waals surface area contributed by atoms with Crippen LogP contribution < -0.4 is 4.74 Å². The van der Waals surface area contributed by atoms with E-state index in [9.17, 15) is 4.79 Å². The van der Waals surface area contributed by atoms with Crippen molar-refractivity contribution in [1.82, 2.24) is 14.7 Å². The van der Waals surface area contributed by atoms with Crippen LogP contribution in [-0.2, 0) is 16.1 Å². The van der Waals surface area contributed by atoms with Crippen LogP contribution in [0.3, 0.4) is 0 Å². The van der Waals surface area contributed by atoms with Crippen molar-refractivity contribution in [3.05, 3.63) is 106 Å². The Hall–Kier alpha value is -3.43. The molecule has 0 unspecified atom stereocenters. The lowest BCUT2D eigenvalue weighted by atomic mass is 10.1. The molecule has 1 amide bonds. The quantitative estimate of drug-likeness (QED) is 0.169. The molecule has 0 radical (unpaired) electrons. The second-order valence-electron chi connectivity index (χ2n) is 8.45. The molecule has 0 bridgehead atoms. The van der Waals surface area contributed by atoms with Gasteiger partial charge in [-0.15, -0.1) is 0 Å². The lowest BCUT2D eigenvalue weighted by molar-refractivity contribution is -0.122. The maximum atomic E-state index is 13.1. The predicted octanol–water partition coefficient (Wildman–Crippen LogP) is 6.62. The van der Waals surface area contributed by atoms with Crippen LogP contribution >= 0.6 is 35.6 Å². The fourth-order valence-corrected chi connectivity index (χ4v) is 5.45. The van der Waals surface area contributed by atoms with Crippen molar-refractivity contribution in [2.24, 2.45) is 0 Å². The molecule has 3 aromatic carbocycles. The Morgan fingerprint density at radius 3 is 2.63 bits per heavy atom. The molecule has 0 aliphatic carbocycles. The van der Waals surface area contributed by atoms with E-state index in [0.717, 1.165) is 28.1 Å². The number of thiocarbonyl (C=S) groups is 1. The number of thioether (sulfide) groups is 1. The first-order chi connectivity index (χ1) is 18.5. The topological polar surface area (TPSA) is 56.6 Å². The van der Waals surface area contributed by atoms with Crippen LogP contribution in [0.25, 0.3) is 23.0 Å². The number of aromatic nitrogens is 2. The highest BCUT2D eigenvalue weighted by atomic mass is 35.5. The molecule has 1 aromatic heterocycles. The van der Waals surface area contributed by atoms with Gasteiger partial charge in [-0.05, 0) is 36.4 Å². The van der Waals surface area contributed by atoms with Crippen LogP contribution in [-0.4, -0.2) is 45.2 Å². The Bertz CT molecular complexity index is 1500. The molecule has 1 aliphatic heterocycles. The highest BCUT2D eigenvalue weighted by Crippen LogP contribution is 2.35. The van der Waals surface area contributed by atoms with Gasteiger partial charge >= 0.3 is 0 Å². The number of nitrogens with zero attached hydrogens (tertiary/aromatic N) is 3. The van der Waals surface area contributed by atoms with Gasteiger partial charge in [0.2, 0.25) is 0 Å². The Morgan fingerprint density at radius 2 is 1.84 bits per heavy atom. The molecule has 0 spiro atoms. The third kappa shape index (κ3) is 5.84. The summed E-state index contributed by atoms with van der Waals surface area (Å²) in [5, 5.41) is 5.55. The van der Waals surface area contributed by atoms with Gasteiger partial charge < -0.3 is 9.47 Å². The lowest BCUT2D eigenvalue weighted by Crippen LogP contribution is -2.31. The summed E-state index contributed by atoms with van der Waals surface area (Å²) in [6.45, 7) is 1.18. The second-order valence-corrected chi connectivity index (χ2v) is 10.5. The van der Waals surface area contributed by atoms with Crippen molar-refractivity contribution in [3.63, 3.8) is 0 Å². The molecule has 2 heterocycles. The summed E-state index contributed by atoms with van der Waals surface area (Å²) < 4.78 is 13.5. The minimum Gasteiger partial charge on any atom is -0.489 e. The van der Waals surface area contributed by atoms with E-state index in [1.165, 1.54) is 11.8 Å². The number of benzene rings is 3. The van der Waals surface area contributed by atoms with E-state index < -0.39 is 0 Å². The summed E-state index contributed by atoms with van der Waals surface area (Å²) in [6.07, 6.45) is 3.77. The number of ether oxygens (including phenoxy) is 2. The molecule has 0 N–H and O–H groups in total. The van der Waals surface area contributed by atoms with E-state index in [4.69, 9.17) is 38.4 Å². The zero-order valence-electron chi connectivity index (χ0n) is 20.5. The largest absolute Gasteiger partial charge is 0.489 e. The fraction of sp³-hybridized carbons (Fsp3) is 0.138. The molecule has 1 fully saturated rings. The molecule has 0 saturated carbocycles. The van der Waals surface area contributed by atoms with Crippen molar-refractivity contribution in [2.45, 2.75) is 6.61 Å². The molecule has 6 nitrogen and oxygen atoms in total. The van der Waals surface area contributed by atoms with Gasteiger partial charge in [0.25, 0.3) is 5.91 Å². The third-order valence-electron chi connectivity index (χ3n) is 5.90. The van der Waals surface area contributed by atoms with Crippen LogP contribution in [0.4, 0.5) is 0 Å². The molecule has 5 rings (SSSR count). The first-order valence-electron chi connectivity index (χ1n) is 11.9. The standard InChI is InChI=1S/C29H24ClN3O3S2/c1-35-15-14-32-28(34)26(38-29(32)37)17-22-18-33(23-10-3-2-4-11-23)31-27(22)20-9-7-12-24(16-20)36-19-21-8-5-6-13-25(21)30/h2-13,16-18H,14-15,19H2,1H3/b26-17-. The van der Waals surface area contributed by atoms with Crippen molar-refractivity contribution in [2.75, 3.05) is 20.3 Å². The zero-order chi connectivity index (χ0) is 26.5. The molecule has 192 valence electrons. The first kappa shape index (κ1) is 26.2. The van der Waals surface area contributed by atoms with Gasteiger partial charge in [-0.1, -0.05) is 84.1 Å². The van der Waals surface area contributed by atoms with Crippen molar-refractivity contribution < 1.29 is 14.3 Å². The van der Waals surface area contributed by atoms with E-state index in [-0.39, 0.29) is 5.91 Å². The normalized spacial score (nSPS) is 14.5. The van der Waals surface area contributed by atoms with Gasteiger partial charge in [-0.3, -0.25) is 9.69 Å². The number of amides is 1. The van der Waals surface area contributed by atoms with Crippen molar-refractivity contribution >= 4 is 51.9 Å². The van der Waals surface area contributed by atoms with Crippen molar-refractivity contribution in [3.8, 4) is 22.7 Å². The third-order valence-corrected chi connectivity index (χ3v) is 7.65. The molecule has 1 saturated heterocycles. The summed E-state index contributed by atoms with van der Waals surface area (Å²) in [5.41, 5.74) is 4.19. The number of para-hydroxylation sites is 1. The van der Waals surface area contributed by atoms with E-state index in [0.29, 0.717) is 39.8 Å². The molecule has 1 aliphatic rings. The Labute approximate surface area is 235 Å². The maximum absolute atomic E-state index is 13.1. The summed E-state index contributed by atoms with van der Waals surface area (Å²) >= 11 is 13.0. The van der Waals surface area contributed by atoms with Crippen LogP contribution in [0.1, 0.15) is 11.1 Å². The number of halogens is 1. The smallest absolute Gasteiger partial charge is 0.266 e. The molecule has 4 aromatic rings. The summed E-state index contributed by atoms with van der Waals surface area (Å²) in [5.74, 6) is 0.556. The van der Waals surface area contributed by atoms with Gasteiger partial charge in [0, 0.05) is 35.0 Å². The number of hydrogen-bond donors (Lipinski definition) is 0. The Morgan fingerprint density at radius 1 is 1.05 bits per heavy atom. The lowest BCUT2D eigenvalue weighted by Gasteiger charge is -2.12. The maximum Gasteiger partial charge on any atom is 0.266 e.